The van der Waals surface area contributed by atoms with E-state index in [1.807, 2.05) is 25.1 Å². The summed E-state index contributed by atoms with van der Waals surface area (Å²) in [5, 5.41) is 12.6. The zero-order valence-electron chi connectivity index (χ0n) is 13.5. The van der Waals surface area contributed by atoms with Crippen molar-refractivity contribution >= 4 is 17.6 Å². The van der Waals surface area contributed by atoms with Crippen molar-refractivity contribution in [1.29, 1.82) is 0 Å². The zero-order chi connectivity index (χ0) is 16.7. The molecule has 0 radical (unpaired) electrons. The van der Waals surface area contributed by atoms with Crippen molar-refractivity contribution in [2.75, 3.05) is 26.2 Å². The summed E-state index contributed by atoms with van der Waals surface area (Å²) >= 11 is 6.10. The molecule has 1 aromatic rings. The molecular formula is C17H25ClN2O3. The third-order valence-corrected chi connectivity index (χ3v) is 4.54. The monoisotopic (exact) mass is 340 g/mol. The van der Waals surface area contributed by atoms with Crippen LogP contribution >= 0.6 is 11.6 Å². The number of likely N-dealkylation sites (tertiary alicyclic amines) is 1. The Labute approximate surface area is 142 Å². The lowest BCUT2D eigenvalue weighted by atomic mass is 9.98. The molecule has 1 aliphatic rings. The van der Waals surface area contributed by atoms with Crippen LogP contribution in [0.2, 0.25) is 5.02 Å². The number of hydrogen-bond donors (Lipinski definition) is 2. The molecule has 0 bridgehead atoms. The lowest BCUT2D eigenvalue weighted by Crippen LogP contribution is -2.47. The number of carbonyl (C=O) groups excluding carboxylic acids is 1. The second kappa shape index (κ2) is 8.99. The summed E-state index contributed by atoms with van der Waals surface area (Å²) in [4.78, 5) is 14.0. The normalized spacial score (nSPS) is 16.9. The van der Waals surface area contributed by atoms with E-state index < -0.39 is 0 Å². The molecule has 0 aromatic heterocycles. The van der Waals surface area contributed by atoms with Gasteiger partial charge in [0.25, 0.3) is 0 Å². The molecule has 1 atom stereocenters. The summed E-state index contributed by atoms with van der Waals surface area (Å²) in [7, 11) is 0. The molecule has 2 N–H and O–H groups in total. The van der Waals surface area contributed by atoms with Gasteiger partial charge in [-0.05, 0) is 37.3 Å². The Morgan fingerprint density at radius 2 is 2.13 bits per heavy atom. The van der Waals surface area contributed by atoms with E-state index >= 15 is 0 Å². The van der Waals surface area contributed by atoms with E-state index in [0.29, 0.717) is 36.3 Å². The number of para-hydroxylation sites is 1. The molecule has 1 fully saturated rings. The number of rotatable bonds is 6. The van der Waals surface area contributed by atoms with E-state index in [1.165, 1.54) is 0 Å². The number of nitrogens with one attached hydrogen (secondary N) is 1. The number of aliphatic hydroxyl groups excluding tert-OH is 1. The first kappa shape index (κ1) is 17.9. The van der Waals surface area contributed by atoms with Crippen LogP contribution in [0.4, 0.5) is 4.79 Å². The summed E-state index contributed by atoms with van der Waals surface area (Å²) in [5.74, 6) is 0.963. The highest BCUT2D eigenvalue weighted by Gasteiger charge is 2.22. The lowest BCUT2D eigenvalue weighted by molar-refractivity contribution is 0.133. The van der Waals surface area contributed by atoms with Gasteiger partial charge in [-0.25, -0.2) is 4.79 Å². The minimum absolute atomic E-state index is 0.0670. The van der Waals surface area contributed by atoms with Crippen LogP contribution in [0.3, 0.4) is 0 Å². The molecule has 0 saturated carbocycles. The fourth-order valence-corrected chi connectivity index (χ4v) is 2.80. The number of urea groups is 1. The Balaban J connectivity index is 1.79. The molecule has 1 saturated heterocycles. The number of amides is 2. The Morgan fingerprint density at radius 3 is 2.74 bits per heavy atom. The minimum atomic E-state index is -0.117. The number of carbonyl (C=O) groups is 1. The number of aliphatic hydroxyl groups is 1. The average molecular weight is 341 g/mol. The highest BCUT2D eigenvalue weighted by molar-refractivity contribution is 6.32. The van der Waals surface area contributed by atoms with E-state index in [1.54, 1.807) is 11.0 Å². The quantitative estimate of drug-likeness (QED) is 0.837. The maximum Gasteiger partial charge on any atom is 0.317 e. The van der Waals surface area contributed by atoms with E-state index in [0.717, 1.165) is 19.3 Å². The molecule has 1 heterocycles. The van der Waals surface area contributed by atoms with Gasteiger partial charge in [0.1, 0.15) is 11.9 Å². The van der Waals surface area contributed by atoms with Gasteiger partial charge in [0, 0.05) is 19.7 Å². The van der Waals surface area contributed by atoms with Crippen LogP contribution < -0.4 is 10.1 Å². The Morgan fingerprint density at radius 1 is 1.43 bits per heavy atom. The topological polar surface area (TPSA) is 61.8 Å². The van der Waals surface area contributed by atoms with Crippen molar-refractivity contribution in [2.45, 2.75) is 32.3 Å². The Kier molecular flexibility index (Phi) is 6.99. The molecule has 1 aliphatic heterocycles. The molecule has 6 heteroatoms. The van der Waals surface area contributed by atoms with Gasteiger partial charge in [0.2, 0.25) is 0 Å². The van der Waals surface area contributed by atoms with Gasteiger partial charge in [-0.2, -0.15) is 0 Å². The molecule has 5 nitrogen and oxygen atoms in total. The van der Waals surface area contributed by atoms with Crippen LogP contribution in [0.25, 0.3) is 0 Å². The van der Waals surface area contributed by atoms with Gasteiger partial charge in [-0.3, -0.25) is 0 Å². The standard InChI is InChI=1S/C17H25ClN2O3/c1-2-14(23-16-6-4-3-5-15(16)18)11-19-17(22)20-9-7-13(12-21)8-10-20/h3-6,13-14,21H,2,7-12H2,1H3,(H,19,22)/t14-/m1/s1. The second-order valence-electron chi connectivity index (χ2n) is 5.88. The van der Waals surface area contributed by atoms with Crippen molar-refractivity contribution < 1.29 is 14.6 Å². The van der Waals surface area contributed by atoms with Gasteiger partial charge in [-0.15, -0.1) is 0 Å². The molecule has 23 heavy (non-hydrogen) atoms. The molecule has 2 amide bonds. The van der Waals surface area contributed by atoms with Gasteiger partial charge < -0.3 is 20.1 Å². The summed E-state index contributed by atoms with van der Waals surface area (Å²) in [6, 6.07) is 7.27. The third-order valence-electron chi connectivity index (χ3n) is 4.23. The summed E-state index contributed by atoms with van der Waals surface area (Å²) < 4.78 is 5.87. The predicted molar refractivity (Wildman–Crippen MR) is 90.9 cm³/mol. The minimum Gasteiger partial charge on any atom is -0.487 e. The Hall–Kier alpha value is -1.46. The fourth-order valence-electron chi connectivity index (χ4n) is 2.62. The number of hydrogen-bond acceptors (Lipinski definition) is 3. The van der Waals surface area contributed by atoms with E-state index in [9.17, 15) is 4.79 Å². The van der Waals surface area contributed by atoms with Crippen molar-refractivity contribution in [3.05, 3.63) is 29.3 Å². The van der Waals surface area contributed by atoms with Crippen LogP contribution in [0.15, 0.2) is 24.3 Å². The van der Waals surface area contributed by atoms with Gasteiger partial charge >= 0.3 is 6.03 Å². The highest BCUT2D eigenvalue weighted by atomic mass is 35.5. The first-order valence-electron chi connectivity index (χ1n) is 8.18. The largest absolute Gasteiger partial charge is 0.487 e. The van der Waals surface area contributed by atoms with E-state index in [4.69, 9.17) is 21.4 Å². The smallest absolute Gasteiger partial charge is 0.317 e. The first-order valence-corrected chi connectivity index (χ1v) is 8.56. The molecule has 0 unspecified atom stereocenters. The van der Waals surface area contributed by atoms with Crippen molar-refractivity contribution in [3.8, 4) is 5.75 Å². The first-order chi connectivity index (χ1) is 11.1. The number of piperidine rings is 1. The van der Waals surface area contributed by atoms with Crippen molar-refractivity contribution in [3.63, 3.8) is 0 Å². The second-order valence-corrected chi connectivity index (χ2v) is 6.28. The lowest BCUT2D eigenvalue weighted by Gasteiger charge is -2.31. The predicted octanol–water partition coefficient (Wildman–Crippen LogP) is 2.91. The van der Waals surface area contributed by atoms with Gasteiger partial charge in [0.15, 0.2) is 0 Å². The van der Waals surface area contributed by atoms with E-state index in [-0.39, 0.29) is 18.7 Å². The number of nitrogens with zero attached hydrogens (tertiary/aromatic N) is 1. The highest BCUT2D eigenvalue weighted by Crippen LogP contribution is 2.24. The summed E-state index contributed by atoms with van der Waals surface area (Å²) in [6.07, 6.45) is 2.38. The maximum absolute atomic E-state index is 12.2. The number of ether oxygens (including phenoxy) is 1. The van der Waals surface area contributed by atoms with Crippen molar-refractivity contribution in [1.82, 2.24) is 10.2 Å². The van der Waals surface area contributed by atoms with Crippen molar-refractivity contribution in [2.24, 2.45) is 5.92 Å². The summed E-state index contributed by atoms with van der Waals surface area (Å²) in [5.41, 5.74) is 0. The molecule has 128 valence electrons. The Bertz CT molecular complexity index is 504. The van der Waals surface area contributed by atoms with Crippen LogP contribution in [0.5, 0.6) is 5.75 Å². The maximum atomic E-state index is 12.2. The number of benzene rings is 1. The molecule has 0 aliphatic carbocycles. The van der Waals surface area contributed by atoms with Crippen LogP contribution in [0, 0.1) is 5.92 Å². The molecular weight excluding hydrogens is 316 g/mol. The third kappa shape index (κ3) is 5.29. The van der Waals surface area contributed by atoms with Crippen LogP contribution in [0.1, 0.15) is 26.2 Å². The zero-order valence-corrected chi connectivity index (χ0v) is 14.3. The molecule has 0 spiro atoms. The summed E-state index contributed by atoms with van der Waals surface area (Å²) in [6.45, 7) is 4.05. The van der Waals surface area contributed by atoms with E-state index in [2.05, 4.69) is 5.32 Å². The average Bonchev–Trinajstić information content (AvgIpc) is 2.60. The molecule has 2 rings (SSSR count). The van der Waals surface area contributed by atoms with Gasteiger partial charge in [-0.1, -0.05) is 30.7 Å². The van der Waals surface area contributed by atoms with Crippen LogP contribution in [-0.2, 0) is 0 Å². The fraction of sp³-hybridized carbons (Fsp3) is 0.588. The van der Waals surface area contributed by atoms with Crippen LogP contribution in [-0.4, -0.2) is 48.4 Å². The SMILES string of the molecule is CC[C@H](CNC(=O)N1CCC(CO)CC1)Oc1ccccc1Cl. The molecule has 1 aromatic carbocycles. The van der Waals surface area contributed by atoms with Gasteiger partial charge in [0.05, 0.1) is 11.6 Å². The number of halogens is 1.